The van der Waals surface area contributed by atoms with Crippen LogP contribution in [0, 0.1) is 5.82 Å². The molecule has 3 nitrogen and oxygen atoms in total. The van der Waals surface area contributed by atoms with Crippen molar-refractivity contribution in [2.75, 3.05) is 0 Å². The first kappa shape index (κ1) is 10.5. The molecule has 2 aromatic rings. The van der Waals surface area contributed by atoms with Gasteiger partial charge in [0.15, 0.2) is 0 Å². The summed E-state index contributed by atoms with van der Waals surface area (Å²) in [6, 6.07) is 7.14. The number of hydrogen-bond acceptors (Lipinski definition) is 2. The average Bonchev–Trinajstić information content (AvgIpc) is 3.06. The lowest BCUT2D eigenvalue weighted by molar-refractivity contribution is 0.628. The van der Waals surface area contributed by atoms with E-state index in [0.29, 0.717) is 6.04 Å². The summed E-state index contributed by atoms with van der Waals surface area (Å²) in [6.45, 7) is 0.813. The van der Waals surface area contributed by atoms with Gasteiger partial charge in [-0.25, -0.2) is 4.39 Å². The lowest BCUT2D eigenvalue weighted by atomic mass is 10.1. The maximum absolute atomic E-state index is 12.9. The van der Waals surface area contributed by atoms with Crippen LogP contribution in [0.1, 0.15) is 18.4 Å². The molecule has 88 valence electrons. The predicted molar refractivity (Wildman–Crippen MR) is 63.8 cm³/mol. The third-order valence-electron chi connectivity index (χ3n) is 3.01. The first-order valence-electron chi connectivity index (χ1n) is 5.84. The SMILES string of the molecule is Fc1ccc(-c2[nH]ncc2CNC2CC2)cc1. The standard InChI is InChI=1S/C13H14FN3/c14-11-3-1-9(2-4-11)13-10(8-16-17-13)7-15-12-5-6-12/h1-4,8,12,15H,5-7H2,(H,16,17). The molecular weight excluding hydrogens is 217 g/mol. The summed E-state index contributed by atoms with van der Waals surface area (Å²) >= 11 is 0. The molecule has 0 saturated heterocycles. The summed E-state index contributed by atoms with van der Waals surface area (Å²) in [7, 11) is 0. The Bertz CT molecular complexity index is 500. The molecule has 1 aliphatic carbocycles. The normalized spacial score (nSPS) is 15.1. The topological polar surface area (TPSA) is 40.7 Å². The van der Waals surface area contributed by atoms with Crippen LogP contribution >= 0.6 is 0 Å². The van der Waals surface area contributed by atoms with Crippen molar-refractivity contribution in [2.45, 2.75) is 25.4 Å². The minimum absolute atomic E-state index is 0.217. The minimum Gasteiger partial charge on any atom is -0.310 e. The van der Waals surface area contributed by atoms with Crippen molar-refractivity contribution in [2.24, 2.45) is 0 Å². The molecule has 2 N–H and O–H groups in total. The monoisotopic (exact) mass is 231 g/mol. The van der Waals surface area contributed by atoms with Gasteiger partial charge >= 0.3 is 0 Å². The Morgan fingerprint density at radius 2 is 2.06 bits per heavy atom. The number of nitrogens with zero attached hydrogens (tertiary/aromatic N) is 1. The Hall–Kier alpha value is -1.68. The lowest BCUT2D eigenvalue weighted by Gasteiger charge is -2.04. The van der Waals surface area contributed by atoms with Gasteiger partial charge in [-0.05, 0) is 37.1 Å². The van der Waals surface area contributed by atoms with E-state index >= 15 is 0 Å². The molecule has 1 fully saturated rings. The van der Waals surface area contributed by atoms with Crippen LogP contribution < -0.4 is 5.32 Å². The largest absolute Gasteiger partial charge is 0.310 e. The fourth-order valence-electron chi connectivity index (χ4n) is 1.85. The third-order valence-corrected chi connectivity index (χ3v) is 3.01. The van der Waals surface area contributed by atoms with Crippen LogP contribution in [0.25, 0.3) is 11.3 Å². The third kappa shape index (κ3) is 2.36. The maximum Gasteiger partial charge on any atom is 0.123 e. The van der Waals surface area contributed by atoms with E-state index in [4.69, 9.17) is 0 Å². The fourth-order valence-corrected chi connectivity index (χ4v) is 1.85. The van der Waals surface area contributed by atoms with Crippen molar-refractivity contribution in [3.8, 4) is 11.3 Å². The van der Waals surface area contributed by atoms with Gasteiger partial charge in [-0.2, -0.15) is 5.10 Å². The van der Waals surface area contributed by atoms with Gasteiger partial charge in [-0.1, -0.05) is 0 Å². The molecule has 1 aromatic carbocycles. The number of rotatable bonds is 4. The van der Waals surface area contributed by atoms with E-state index < -0.39 is 0 Å². The van der Waals surface area contributed by atoms with E-state index in [-0.39, 0.29) is 5.82 Å². The summed E-state index contributed by atoms with van der Waals surface area (Å²) in [5.74, 6) is -0.217. The molecule has 0 aliphatic heterocycles. The molecule has 0 amide bonds. The van der Waals surface area contributed by atoms with Gasteiger partial charge in [0.25, 0.3) is 0 Å². The molecule has 1 aliphatic rings. The second-order valence-electron chi connectivity index (χ2n) is 4.43. The molecule has 0 unspecified atom stereocenters. The van der Waals surface area contributed by atoms with E-state index in [0.717, 1.165) is 23.4 Å². The van der Waals surface area contributed by atoms with Crippen LogP contribution in [0.15, 0.2) is 30.5 Å². The molecule has 0 radical (unpaired) electrons. The van der Waals surface area contributed by atoms with Crippen LogP contribution in [-0.4, -0.2) is 16.2 Å². The predicted octanol–water partition coefficient (Wildman–Crippen LogP) is 2.47. The first-order chi connectivity index (χ1) is 8.33. The van der Waals surface area contributed by atoms with Crippen LogP contribution in [0.2, 0.25) is 0 Å². The van der Waals surface area contributed by atoms with Crippen molar-refractivity contribution >= 4 is 0 Å². The van der Waals surface area contributed by atoms with Crippen molar-refractivity contribution in [1.29, 1.82) is 0 Å². The molecule has 0 atom stereocenters. The lowest BCUT2D eigenvalue weighted by Crippen LogP contribution is -2.15. The Morgan fingerprint density at radius 3 is 2.76 bits per heavy atom. The minimum atomic E-state index is -0.217. The molecule has 0 bridgehead atoms. The number of aromatic amines is 1. The molecule has 1 heterocycles. The van der Waals surface area contributed by atoms with Crippen LogP contribution in [0.4, 0.5) is 4.39 Å². The average molecular weight is 231 g/mol. The Labute approximate surface area is 99.1 Å². The number of H-pyrrole nitrogens is 1. The second kappa shape index (κ2) is 4.30. The Balaban J connectivity index is 1.81. The highest BCUT2D eigenvalue weighted by Gasteiger charge is 2.20. The molecule has 4 heteroatoms. The van der Waals surface area contributed by atoms with Crippen molar-refractivity contribution in [3.63, 3.8) is 0 Å². The maximum atomic E-state index is 12.9. The number of aromatic nitrogens is 2. The molecule has 0 spiro atoms. The first-order valence-corrected chi connectivity index (χ1v) is 5.84. The highest BCUT2D eigenvalue weighted by atomic mass is 19.1. The Kier molecular flexibility index (Phi) is 2.65. The van der Waals surface area contributed by atoms with Gasteiger partial charge in [-0.15, -0.1) is 0 Å². The zero-order valence-corrected chi connectivity index (χ0v) is 9.41. The van der Waals surface area contributed by atoms with Crippen molar-refractivity contribution in [3.05, 3.63) is 41.8 Å². The number of benzene rings is 1. The highest BCUT2D eigenvalue weighted by molar-refractivity contribution is 5.62. The van der Waals surface area contributed by atoms with Crippen LogP contribution in [0.5, 0.6) is 0 Å². The number of nitrogens with one attached hydrogen (secondary N) is 2. The van der Waals surface area contributed by atoms with Crippen LogP contribution in [0.3, 0.4) is 0 Å². The summed E-state index contributed by atoms with van der Waals surface area (Å²) < 4.78 is 12.9. The summed E-state index contributed by atoms with van der Waals surface area (Å²) in [6.07, 6.45) is 4.36. The summed E-state index contributed by atoms with van der Waals surface area (Å²) in [4.78, 5) is 0. The molecule has 1 saturated carbocycles. The van der Waals surface area contributed by atoms with Gasteiger partial charge < -0.3 is 5.32 Å². The summed E-state index contributed by atoms with van der Waals surface area (Å²) in [5.41, 5.74) is 3.07. The van der Waals surface area contributed by atoms with E-state index in [1.165, 1.54) is 25.0 Å². The zero-order valence-electron chi connectivity index (χ0n) is 9.41. The Morgan fingerprint density at radius 1 is 1.29 bits per heavy atom. The number of halogens is 1. The van der Waals surface area contributed by atoms with Crippen molar-refractivity contribution in [1.82, 2.24) is 15.5 Å². The van der Waals surface area contributed by atoms with E-state index in [9.17, 15) is 4.39 Å². The zero-order chi connectivity index (χ0) is 11.7. The van der Waals surface area contributed by atoms with Gasteiger partial charge in [0.2, 0.25) is 0 Å². The van der Waals surface area contributed by atoms with E-state index in [1.54, 1.807) is 12.1 Å². The molecular formula is C13H14FN3. The second-order valence-corrected chi connectivity index (χ2v) is 4.43. The quantitative estimate of drug-likeness (QED) is 0.848. The fraction of sp³-hybridized carbons (Fsp3) is 0.308. The van der Waals surface area contributed by atoms with Gasteiger partial charge in [0, 0.05) is 23.7 Å². The molecule has 1 aromatic heterocycles. The number of hydrogen-bond donors (Lipinski definition) is 2. The van der Waals surface area contributed by atoms with Gasteiger partial charge in [0.1, 0.15) is 5.82 Å². The van der Waals surface area contributed by atoms with Gasteiger partial charge in [0.05, 0.1) is 11.9 Å². The van der Waals surface area contributed by atoms with Gasteiger partial charge in [-0.3, -0.25) is 5.10 Å². The van der Waals surface area contributed by atoms with E-state index in [2.05, 4.69) is 15.5 Å². The van der Waals surface area contributed by atoms with Crippen LogP contribution in [-0.2, 0) is 6.54 Å². The highest BCUT2D eigenvalue weighted by Crippen LogP contribution is 2.23. The smallest absolute Gasteiger partial charge is 0.123 e. The van der Waals surface area contributed by atoms with Crippen molar-refractivity contribution < 1.29 is 4.39 Å². The van der Waals surface area contributed by atoms with E-state index in [1.807, 2.05) is 6.20 Å². The molecule has 3 rings (SSSR count). The molecule has 17 heavy (non-hydrogen) atoms. The summed E-state index contributed by atoms with van der Waals surface area (Å²) in [5, 5.41) is 10.5.